The van der Waals surface area contributed by atoms with Gasteiger partial charge in [-0.25, -0.2) is 0 Å². The molecule has 0 spiro atoms. The topological polar surface area (TPSA) is 60.7 Å². The lowest BCUT2D eigenvalue weighted by Crippen LogP contribution is -2.08. The number of hydrogen-bond acceptors (Lipinski definition) is 21. The third-order valence-corrected chi connectivity index (χ3v) is 28.6. The molecule has 0 unspecified atom stereocenters. The van der Waals surface area contributed by atoms with E-state index in [0.717, 1.165) is 35.4 Å². The highest BCUT2D eigenvalue weighted by Crippen LogP contribution is 2.67. The van der Waals surface area contributed by atoms with Gasteiger partial charge < -0.3 is 18.9 Å². The van der Waals surface area contributed by atoms with E-state index in [1.807, 2.05) is 188 Å². The van der Waals surface area contributed by atoms with Crippen molar-refractivity contribution in [2.24, 2.45) is 0 Å². The second-order valence-corrected chi connectivity index (χ2v) is 28.7. The van der Waals surface area contributed by atoms with Crippen molar-refractivity contribution in [1.82, 2.24) is 0 Å². The Labute approximate surface area is 371 Å². The Kier molecular flexibility index (Phi) is 23.6. The van der Waals surface area contributed by atoms with Crippen LogP contribution in [-0.4, -0.2) is 100 Å². The summed E-state index contributed by atoms with van der Waals surface area (Å²) < 4.78 is 40.3. The number of nitriles is 1. The smallest absolute Gasteiger partial charge is 0.0717 e. The maximum Gasteiger partial charge on any atom is 0.0717 e. The van der Waals surface area contributed by atoms with Gasteiger partial charge in [0.25, 0.3) is 0 Å². The fourth-order valence-electron chi connectivity index (χ4n) is 3.85. The average molecular weight is 989 g/mol. The number of fused-ring (bicyclic) bond motifs is 8. The molecule has 0 amide bonds. The molecule has 0 saturated carbocycles. The molecule has 51 heavy (non-hydrogen) atoms. The molecule has 0 N–H and O–H groups in total. The van der Waals surface area contributed by atoms with Crippen molar-refractivity contribution in [2.45, 2.75) is 6.42 Å². The van der Waals surface area contributed by atoms with Gasteiger partial charge in [0, 0.05) is 35.2 Å². The maximum absolute atomic E-state index is 9.12. The second-order valence-electron chi connectivity index (χ2n) is 9.48. The number of ether oxygens (including phenoxy) is 4. The van der Waals surface area contributed by atoms with Crippen LogP contribution in [0.4, 0.5) is 0 Å². The molecular formula is C30H37NO4S16. The van der Waals surface area contributed by atoms with Crippen molar-refractivity contribution >= 4 is 188 Å². The summed E-state index contributed by atoms with van der Waals surface area (Å²) in [6.45, 7) is 5.31. The largest absolute Gasteiger partial charge is 0.378 e. The van der Waals surface area contributed by atoms with Crippen LogP contribution in [0.1, 0.15) is 6.42 Å². The first-order valence-corrected chi connectivity index (χ1v) is 30.6. The van der Waals surface area contributed by atoms with Crippen LogP contribution in [0.3, 0.4) is 0 Å². The third kappa shape index (κ3) is 15.2. The summed E-state index contributed by atoms with van der Waals surface area (Å²) in [4.78, 5) is 0. The molecule has 5 aliphatic rings. The molecule has 8 bridgehead atoms. The zero-order chi connectivity index (χ0) is 35.7. The van der Waals surface area contributed by atoms with E-state index in [1.165, 1.54) is 50.8 Å². The molecule has 5 heterocycles. The van der Waals surface area contributed by atoms with E-state index < -0.39 is 0 Å². The number of nitrogens with zero attached hydrogens (tertiary/aromatic N) is 1. The van der Waals surface area contributed by atoms with Gasteiger partial charge in [0.15, 0.2) is 0 Å². The van der Waals surface area contributed by atoms with Crippen LogP contribution >= 0.6 is 188 Å². The number of thioether (sulfide) groups is 16. The first-order chi connectivity index (χ1) is 25.1. The van der Waals surface area contributed by atoms with Crippen LogP contribution in [0.2, 0.25) is 0 Å². The van der Waals surface area contributed by atoms with E-state index in [9.17, 15) is 0 Å². The van der Waals surface area contributed by atoms with Crippen LogP contribution in [0.15, 0.2) is 50.8 Å². The Hall–Kier alpha value is 3.37. The van der Waals surface area contributed by atoms with Crippen LogP contribution in [0.5, 0.6) is 0 Å². The zero-order valence-electron chi connectivity index (χ0n) is 28.0. The molecule has 5 aliphatic heterocycles. The lowest BCUT2D eigenvalue weighted by Gasteiger charge is -2.08. The van der Waals surface area contributed by atoms with Crippen molar-refractivity contribution in [3.8, 4) is 6.07 Å². The highest BCUT2D eigenvalue weighted by atomic mass is 32.3. The summed E-state index contributed by atoms with van der Waals surface area (Å²) in [6, 6.07) is 2.29. The molecule has 0 atom stereocenters. The van der Waals surface area contributed by atoms with Crippen LogP contribution in [-0.2, 0) is 18.9 Å². The predicted octanol–water partition coefficient (Wildman–Crippen LogP) is 13.4. The van der Waals surface area contributed by atoms with E-state index in [4.69, 9.17) is 24.2 Å². The summed E-state index contributed by atoms with van der Waals surface area (Å²) in [5, 5.41) is 9.12. The minimum atomic E-state index is 0.559. The predicted molar refractivity (Wildman–Crippen MR) is 259 cm³/mol. The molecule has 0 aromatic rings. The molecule has 5 nitrogen and oxygen atoms in total. The minimum absolute atomic E-state index is 0.559. The van der Waals surface area contributed by atoms with E-state index in [0.29, 0.717) is 52.7 Å². The quantitative estimate of drug-likeness (QED) is 0.237. The van der Waals surface area contributed by atoms with Gasteiger partial charge in [-0.2, -0.15) is 5.26 Å². The van der Waals surface area contributed by atoms with Crippen molar-refractivity contribution in [3.05, 3.63) is 50.8 Å². The lowest BCUT2D eigenvalue weighted by molar-refractivity contribution is 0.0605. The third-order valence-electron chi connectivity index (χ3n) is 6.07. The Balaban J connectivity index is 1.15. The standard InChI is InChI=1S/C30H37NO4S16/c1-36-19-22-40-15-10-32-6-7-33-12-17-42-24-21(38-3)46-29(49-24)30-50-25(39-14-4-5-31)26(51-30)43-18-13-35-9-8-34-11-16-41-23-20(37-2)45-28(48-23)27(44-19)47-22/h4,6-18H2,1-3H3/b28-27+,30-29-. The molecule has 0 fully saturated rings. The fourth-order valence-corrected chi connectivity index (χ4v) is 26.2. The summed E-state index contributed by atoms with van der Waals surface area (Å²) in [6.07, 6.45) is 7.08. The second kappa shape index (κ2) is 26.5. The van der Waals surface area contributed by atoms with Gasteiger partial charge >= 0.3 is 0 Å². The summed E-state index contributed by atoms with van der Waals surface area (Å²) in [7, 11) is 0. The number of hydrogen-bond donors (Lipinski definition) is 0. The highest BCUT2D eigenvalue weighted by molar-refractivity contribution is 8.46. The van der Waals surface area contributed by atoms with E-state index in [2.05, 4.69) is 24.8 Å². The van der Waals surface area contributed by atoms with Gasteiger partial charge in [-0.3, -0.25) is 0 Å². The van der Waals surface area contributed by atoms with Crippen molar-refractivity contribution in [1.29, 1.82) is 5.26 Å². The SMILES string of the molecule is CSC1=C2SCCOCCOCCSC3=C(SC)S/C(=C4/SC(SC)=C(SCCOCCOCCSC5=C(SCCC#N)S/C(=C(\S1)S2)S5)S4)S3. The molecular weight excluding hydrogens is 951 g/mol. The van der Waals surface area contributed by atoms with E-state index >= 15 is 0 Å². The van der Waals surface area contributed by atoms with E-state index in [-0.39, 0.29) is 0 Å². The maximum atomic E-state index is 9.12. The van der Waals surface area contributed by atoms with Crippen LogP contribution in [0.25, 0.3) is 0 Å². The zero-order valence-corrected chi connectivity index (χ0v) is 41.1. The van der Waals surface area contributed by atoms with Crippen molar-refractivity contribution in [3.63, 3.8) is 0 Å². The van der Waals surface area contributed by atoms with E-state index in [1.54, 1.807) is 0 Å². The molecule has 0 radical (unpaired) electrons. The molecule has 0 aliphatic carbocycles. The van der Waals surface area contributed by atoms with Gasteiger partial charge in [0.05, 0.1) is 110 Å². The molecule has 0 aromatic carbocycles. The van der Waals surface area contributed by atoms with Crippen molar-refractivity contribution in [2.75, 3.05) is 100 Å². The van der Waals surface area contributed by atoms with Gasteiger partial charge in [0.2, 0.25) is 0 Å². The monoisotopic (exact) mass is 987 g/mol. The first-order valence-electron chi connectivity index (χ1n) is 15.5. The van der Waals surface area contributed by atoms with Crippen molar-refractivity contribution < 1.29 is 18.9 Å². The van der Waals surface area contributed by atoms with Gasteiger partial charge in [-0.05, 0) is 18.8 Å². The Morgan fingerprint density at radius 1 is 0.451 bits per heavy atom. The first kappa shape index (κ1) is 45.5. The van der Waals surface area contributed by atoms with Crippen LogP contribution < -0.4 is 0 Å². The van der Waals surface area contributed by atoms with Gasteiger partial charge in [-0.15, -0.1) is 94.1 Å². The normalized spacial score (nSPS) is 26.2. The summed E-state index contributed by atoms with van der Waals surface area (Å²) in [5.74, 6) is 4.52. The van der Waals surface area contributed by atoms with Crippen LogP contribution in [0, 0.1) is 11.3 Å². The van der Waals surface area contributed by atoms with Gasteiger partial charge in [-0.1, -0.05) is 94.1 Å². The summed E-state index contributed by atoms with van der Waals surface area (Å²) >= 11 is 30.2. The molecule has 0 aromatic heterocycles. The Morgan fingerprint density at radius 2 is 0.765 bits per heavy atom. The average Bonchev–Trinajstić information content (AvgIpc) is 3.94. The molecule has 5 rings (SSSR count). The molecule has 21 heteroatoms. The fraction of sp³-hybridized carbons (Fsp3) is 0.567. The molecule has 0 saturated heterocycles. The Bertz CT molecular complexity index is 1440. The van der Waals surface area contributed by atoms with Gasteiger partial charge in [0.1, 0.15) is 0 Å². The summed E-state index contributed by atoms with van der Waals surface area (Å²) in [5.41, 5.74) is 0. The molecule has 282 valence electrons. The highest BCUT2D eigenvalue weighted by Gasteiger charge is 2.32. The Morgan fingerprint density at radius 3 is 1.08 bits per heavy atom. The number of rotatable bonds is 6. The lowest BCUT2D eigenvalue weighted by atomic mass is 10.6. The minimum Gasteiger partial charge on any atom is -0.378 e.